The van der Waals surface area contributed by atoms with Crippen LogP contribution >= 0.6 is 0 Å². The summed E-state index contributed by atoms with van der Waals surface area (Å²) in [7, 11) is 0. The maximum absolute atomic E-state index is 12.5. The van der Waals surface area contributed by atoms with E-state index in [-0.39, 0.29) is 6.42 Å². The molecular weight excluding hydrogens is 286 g/mol. The average molecular weight is 301 g/mol. The van der Waals surface area contributed by atoms with E-state index >= 15 is 0 Å². The molecule has 1 unspecified atom stereocenters. The van der Waals surface area contributed by atoms with Gasteiger partial charge in [-0.1, -0.05) is 6.08 Å². The van der Waals surface area contributed by atoms with Gasteiger partial charge in [-0.3, -0.25) is 4.79 Å². The van der Waals surface area contributed by atoms with Crippen molar-refractivity contribution < 1.29 is 37.0 Å². The van der Waals surface area contributed by atoms with Crippen molar-refractivity contribution >= 4 is 11.9 Å². The summed E-state index contributed by atoms with van der Waals surface area (Å²) in [5.74, 6) is -6.52. The van der Waals surface area contributed by atoms with Crippen molar-refractivity contribution in [3.8, 4) is 0 Å². The van der Waals surface area contributed by atoms with E-state index in [2.05, 4.69) is 11.3 Å². The van der Waals surface area contributed by atoms with Crippen LogP contribution in [0, 0.1) is 0 Å². The predicted molar refractivity (Wildman–Crippen MR) is 60.8 cm³/mol. The van der Waals surface area contributed by atoms with Gasteiger partial charge >= 0.3 is 18.3 Å². The highest BCUT2D eigenvalue weighted by molar-refractivity contribution is 5.83. The van der Waals surface area contributed by atoms with E-state index in [1.165, 1.54) is 6.08 Å². The Labute approximate surface area is 112 Å². The third kappa shape index (κ3) is 7.07. The average Bonchev–Trinajstić information content (AvgIpc) is 2.34. The molecule has 0 aliphatic heterocycles. The molecule has 0 fully saturated rings. The number of carbonyl (C=O) groups is 2. The van der Waals surface area contributed by atoms with Crippen LogP contribution in [0.25, 0.3) is 0 Å². The molecule has 0 aliphatic carbocycles. The molecule has 0 bridgehead atoms. The third-order valence-electron chi connectivity index (χ3n) is 2.11. The lowest BCUT2D eigenvalue weighted by Gasteiger charge is -2.18. The fourth-order valence-electron chi connectivity index (χ4n) is 1.05. The van der Waals surface area contributed by atoms with Crippen molar-refractivity contribution in [2.45, 2.75) is 31.2 Å². The molecule has 0 aromatic rings. The first-order chi connectivity index (χ1) is 9.20. The molecule has 0 radical (unpaired) electrons. The number of alkyl halides is 4. The summed E-state index contributed by atoms with van der Waals surface area (Å²) >= 11 is 0. The number of amides is 1. The number of hydrogen-bond acceptors (Lipinski definition) is 3. The minimum absolute atomic E-state index is 0.0273. The first-order valence-electron chi connectivity index (χ1n) is 5.57. The number of carboxylic acids is 1. The Morgan fingerprint density at radius 3 is 2.45 bits per heavy atom. The Morgan fingerprint density at radius 1 is 1.40 bits per heavy atom. The van der Waals surface area contributed by atoms with Crippen LogP contribution < -0.4 is 5.32 Å². The molecule has 5 nitrogen and oxygen atoms in total. The number of aliphatic carboxylic acids is 1. The fourth-order valence-corrected chi connectivity index (χ4v) is 1.05. The van der Waals surface area contributed by atoms with E-state index < -0.39 is 43.5 Å². The Hall–Kier alpha value is -1.64. The number of rotatable bonds is 10. The van der Waals surface area contributed by atoms with Gasteiger partial charge in [-0.15, -0.1) is 6.58 Å². The Morgan fingerprint density at radius 2 is 2.00 bits per heavy atom. The second-order valence-corrected chi connectivity index (χ2v) is 3.86. The molecule has 0 saturated carbocycles. The van der Waals surface area contributed by atoms with Crippen LogP contribution in [0.4, 0.5) is 17.6 Å². The molecule has 0 heterocycles. The summed E-state index contributed by atoms with van der Waals surface area (Å²) in [6.07, 6.45) is -2.19. The highest BCUT2D eigenvalue weighted by Gasteiger charge is 2.41. The number of ether oxygens (including phenoxy) is 1. The molecule has 0 aliphatic rings. The molecule has 0 aromatic heterocycles. The van der Waals surface area contributed by atoms with E-state index in [0.717, 1.165) is 0 Å². The predicted octanol–water partition coefficient (Wildman–Crippen LogP) is 1.44. The van der Waals surface area contributed by atoms with Gasteiger partial charge in [-0.2, -0.15) is 8.78 Å². The van der Waals surface area contributed by atoms with E-state index in [1.54, 1.807) is 0 Å². The number of carboxylic acid groups (broad SMARTS) is 1. The summed E-state index contributed by atoms with van der Waals surface area (Å²) in [4.78, 5) is 22.0. The van der Waals surface area contributed by atoms with Crippen molar-refractivity contribution in [2.24, 2.45) is 0 Å². The molecule has 0 spiro atoms. The molecule has 2 N–H and O–H groups in total. The SMILES string of the molecule is C=CCCC(=O)NC(COCC(F)(F)C(F)F)C(=O)O. The van der Waals surface area contributed by atoms with E-state index in [1.807, 2.05) is 5.32 Å². The molecular formula is C11H15F4NO4. The largest absolute Gasteiger partial charge is 0.480 e. The third-order valence-corrected chi connectivity index (χ3v) is 2.11. The highest BCUT2D eigenvalue weighted by atomic mass is 19.3. The van der Waals surface area contributed by atoms with Crippen molar-refractivity contribution in [3.05, 3.63) is 12.7 Å². The van der Waals surface area contributed by atoms with Gasteiger partial charge in [0, 0.05) is 6.42 Å². The van der Waals surface area contributed by atoms with Crippen LogP contribution in [0.15, 0.2) is 12.7 Å². The van der Waals surface area contributed by atoms with Crippen molar-refractivity contribution in [1.29, 1.82) is 0 Å². The Balaban J connectivity index is 4.26. The summed E-state index contributed by atoms with van der Waals surface area (Å²) in [5, 5.41) is 10.8. The molecule has 20 heavy (non-hydrogen) atoms. The van der Waals surface area contributed by atoms with Crippen molar-refractivity contribution in [3.63, 3.8) is 0 Å². The summed E-state index contributed by atoms with van der Waals surface area (Å²) < 4.78 is 52.9. The fraction of sp³-hybridized carbons (Fsp3) is 0.636. The number of halogens is 4. The van der Waals surface area contributed by atoms with Crippen molar-refractivity contribution in [2.75, 3.05) is 13.2 Å². The van der Waals surface area contributed by atoms with Gasteiger partial charge < -0.3 is 15.2 Å². The topological polar surface area (TPSA) is 75.6 Å². The molecule has 0 rings (SSSR count). The van der Waals surface area contributed by atoms with Crippen LogP contribution in [0.3, 0.4) is 0 Å². The number of allylic oxidation sites excluding steroid dienone is 1. The molecule has 1 atom stereocenters. The van der Waals surface area contributed by atoms with Gasteiger partial charge in [-0.05, 0) is 6.42 Å². The second-order valence-electron chi connectivity index (χ2n) is 3.86. The zero-order chi connectivity index (χ0) is 15.8. The lowest BCUT2D eigenvalue weighted by molar-refractivity contribution is -0.170. The summed E-state index contributed by atoms with van der Waals surface area (Å²) in [6.45, 7) is 0.901. The Kier molecular flexibility index (Phi) is 7.82. The normalized spacial score (nSPS) is 13.1. The van der Waals surface area contributed by atoms with Gasteiger partial charge in [0.1, 0.15) is 6.61 Å². The maximum atomic E-state index is 12.5. The minimum atomic E-state index is -4.37. The van der Waals surface area contributed by atoms with Gasteiger partial charge in [0.05, 0.1) is 6.61 Å². The zero-order valence-corrected chi connectivity index (χ0v) is 10.5. The lowest BCUT2D eigenvalue weighted by Crippen LogP contribution is -2.45. The van der Waals surface area contributed by atoms with Crippen molar-refractivity contribution in [1.82, 2.24) is 5.32 Å². The first-order valence-corrected chi connectivity index (χ1v) is 5.57. The standard InChI is InChI=1S/C11H15F4NO4/c1-2-3-4-8(17)16-7(9(18)19)5-20-6-11(14,15)10(12)13/h2,7,10H,1,3-6H2,(H,16,17)(H,18,19). The molecule has 0 aromatic carbocycles. The van der Waals surface area contributed by atoms with Crippen LogP contribution in [0.5, 0.6) is 0 Å². The van der Waals surface area contributed by atoms with Crippen LogP contribution in [-0.4, -0.2) is 48.6 Å². The summed E-state index contributed by atoms with van der Waals surface area (Å²) in [6, 6.07) is -1.58. The summed E-state index contributed by atoms with van der Waals surface area (Å²) in [5.41, 5.74) is 0. The number of hydrogen-bond donors (Lipinski definition) is 2. The quantitative estimate of drug-likeness (QED) is 0.473. The monoisotopic (exact) mass is 301 g/mol. The smallest absolute Gasteiger partial charge is 0.330 e. The van der Waals surface area contributed by atoms with E-state index in [9.17, 15) is 27.2 Å². The number of nitrogens with one attached hydrogen (secondary N) is 1. The molecule has 9 heteroatoms. The molecule has 116 valence electrons. The maximum Gasteiger partial charge on any atom is 0.330 e. The van der Waals surface area contributed by atoms with E-state index in [0.29, 0.717) is 6.42 Å². The number of carbonyl (C=O) groups excluding carboxylic acids is 1. The zero-order valence-electron chi connectivity index (χ0n) is 10.5. The first kappa shape index (κ1) is 18.4. The van der Waals surface area contributed by atoms with Crippen LogP contribution in [-0.2, 0) is 14.3 Å². The molecule has 1 amide bonds. The van der Waals surface area contributed by atoms with Gasteiger partial charge in [0.2, 0.25) is 5.91 Å². The van der Waals surface area contributed by atoms with E-state index in [4.69, 9.17) is 5.11 Å². The molecule has 0 saturated heterocycles. The van der Waals surface area contributed by atoms with Gasteiger partial charge in [0.25, 0.3) is 0 Å². The Bertz CT molecular complexity index is 349. The lowest BCUT2D eigenvalue weighted by atomic mass is 10.2. The minimum Gasteiger partial charge on any atom is -0.480 e. The highest BCUT2D eigenvalue weighted by Crippen LogP contribution is 2.22. The van der Waals surface area contributed by atoms with Crippen LogP contribution in [0.1, 0.15) is 12.8 Å². The van der Waals surface area contributed by atoms with Gasteiger partial charge in [0.15, 0.2) is 6.04 Å². The second kappa shape index (κ2) is 8.51. The van der Waals surface area contributed by atoms with Crippen LogP contribution in [0.2, 0.25) is 0 Å². The van der Waals surface area contributed by atoms with Gasteiger partial charge in [-0.25, -0.2) is 13.6 Å².